The van der Waals surface area contributed by atoms with Gasteiger partial charge in [0.1, 0.15) is 0 Å². The Labute approximate surface area is 117 Å². The maximum atomic E-state index is 14.3. The molecule has 2 N–H and O–H groups in total. The third-order valence-corrected chi connectivity index (χ3v) is 3.35. The minimum absolute atomic E-state index is 0.00713. The number of aliphatic hydroxyl groups excluding tert-OH is 1. The number of likely N-dealkylation sites (tertiary alicyclic amines) is 1. The van der Waals surface area contributed by atoms with E-state index in [-0.39, 0.29) is 23.8 Å². The first-order chi connectivity index (χ1) is 9.63. The fourth-order valence-electron chi connectivity index (χ4n) is 2.29. The quantitative estimate of drug-likeness (QED) is 0.880. The van der Waals surface area contributed by atoms with Crippen molar-refractivity contribution in [2.75, 3.05) is 25.0 Å². The van der Waals surface area contributed by atoms with Gasteiger partial charge in [0.15, 0.2) is 11.6 Å². The van der Waals surface area contributed by atoms with Crippen LogP contribution in [0, 0.1) is 5.82 Å². The Kier molecular flexibility index (Phi) is 4.89. The molecule has 1 atom stereocenters. The van der Waals surface area contributed by atoms with Crippen LogP contribution in [-0.2, 0) is 0 Å². The molecule has 1 aliphatic rings. The van der Waals surface area contributed by atoms with Gasteiger partial charge in [-0.3, -0.25) is 4.79 Å². The number of hydrogen-bond acceptors (Lipinski definition) is 4. The van der Waals surface area contributed by atoms with E-state index < -0.39 is 11.9 Å². The first-order valence-corrected chi connectivity index (χ1v) is 6.99. The third kappa shape index (κ3) is 3.25. The average molecular weight is 281 g/mol. The number of carbonyl (C=O) groups excluding carboxylic acids is 1. The largest absolute Gasteiger partial charge is 0.391 e. The number of halogens is 1. The second-order valence-corrected chi connectivity index (χ2v) is 5.00. The van der Waals surface area contributed by atoms with Crippen LogP contribution in [0.2, 0.25) is 0 Å². The molecule has 0 aliphatic carbocycles. The lowest BCUT2D eigenvalue weighted by Gasteiger charge is -2.30. The first kappa shape index (κ1) is 14.7. The summed E-state index contributed by atoms with van der Waals surface area (Å²) in [6.45, 7) is 3.38. The van der Waals surface area contributed by atoms with Crippen LogP contribution >= 0.6 is 0 Å². The Morgan fingerprint density at radius 1 is 1.65 bits per heavy atom. The second-order valence-electron chi connectivity index (χ2n) is 5.00. The first-order valence-electron chi connectivity index (χ1n) is 6.99. The number of β-amino-alcohol motifs (C(OH)–C–C–N with tert-alkyl or cyclic N) is 1. The van der Waals surface area contributed by atoms with E-state index >= 15 is 0 Å². The van der Waals surface area contributed by atoms with E-state index in [4.69, 9.17) is 0 Å². The third-order valence-electron chi connectivity index (χ3n) is 3.35. The van der Waals surface area contributed by atoms with Crippen LogP contribution in [0.15, 0.2) is 12.3 Å². The molecule has 20 heavy (non-hydrogen) atoms. The summed E-state index contributed by atoms with van der Waals surface area (Å²) in [4.78, 5) is 17.7. The van der Waals surface area contributed by atoms with E-state index in [2.05, 4.69) is 10.3 Å². The van der Waals surface area contributed by atoms with Gasteiger partial charge in [-0.1, -0.05) is 6.92 Å². The van der Waals surface area contributed by atoms with Crippen molar-refractivity contribution >= 4 is 11.7 Å². The summed E-state index contributed by atoms with van der Waals surface area (Å²) in [6.07, 6.45) is 3.17. The van der Waals surface area contributed by atoms with Gasteiger partial charge in [-0.2, -0.15) is 0 Å². The summed E-state index contributed by atoms with van der Waals surface area (Å²) in [5, 5.41) is 12.5. The van der Waals surface area contributed by atoms with Gasteiger partial charge in [-0.15, -0.1) is 0 Å². The van der Waals surface area contributed by atoms with Crippen LogP contribution in [-0.4, -0.2) is 46.6 Å². The summed E-state index contributed by atoms with van der Waals surface area (Å²) in [7, 11) is 0. The number of rotatable bonds is 4. The Hall–Kier alpha value is -1.69. The second kappa shape index (κ2) is 6.65. The standard InChI is InChI=1S/C14H20FN3O2/c1-2-6-16-13-12(15)11(5-7-17-13)14(20)18-8-3-4-10(19)9-18/h5,7,10,19H,2-4,6,8-9H2,1H3,(H,16,17). The molecule has 1 aromatic rings. The van der Waals surface area contributed by atoms with Crippen molar-refractivity contribution in [1.82, 2.24) is 9.88 Å². The molecule has 1 fully saturated rings. The minimum Gasteiger partial charge on any atom is -0.391 e. The minimum atomic E-state index is -0.619. The van der Waals surface area contributed by atoms with E-state index in [0.29, 0.717) is 19.5 Å². The van der Waals surface area contributed by atoms with Gasteiger partial charge < -0.3 is 15.3 Å². The summed E-state index contributed by atoms with van der Waals surface area (Å²) < 4.78 is 14.3. The number of aliphatic hydroxyl groups is 1. The average Bonchev–Trinajstić information content (AvgIpc) is 2.45. The summed E-state index contributed by atoms with van der Waals surface area (Å²) >= 11 is 0. The fraction of sp³-hybridized carbons (Fsp3) is 0.571. The number of aromatic nitrogens is 1. The Morgan fingerprint density at radius 3 is 3.15 bits per heavy atom. The highest BCUT2D eigenvalue weighted by molar-refractivity contribution is 5.95. The fourth-order valence-corrected chi connectivity index (χ4v) is 2.29. The summed E-state index contributed by atoms with van der Waals surface area (Å²) in [5.41, 5.74) is 0.00713. The van der Waals surface area contributed by atoms with Crippen molar-refractivity contribution in [3.63, 3.8) is 0 Å². The molecule has 2 rings (SSSR count). The number of hydrogen-bond donors (Lipinski definition) is 2. The highest BCUT2D eigenvalue weighted by Gasteiger charge is 2.26. The number of amides is 1. The number of anilines is 1. The number of nitrogens with one attached hydrogen (secondary N) is 1. The van der Waals surface area contributed by atoms with Gasteiger partial charge in [0.2, 0.25) is 0 Å². The van der Waals surface area contributed by atoms with Gasteiger partial charge in [0.05, 0.1) is 11.7 Å². The molecule has 0 radical (unpaired) electrons. The molecular weight excluding hydrogens is 261 g/mol. The number of nitrogens with zero attached hydrogens (tertiary/aromatic N) is 2. The highest BCUT2D eigenvalue weighted by atomic mass is 19.1. The van der Waals surface area contributed by atoms with Gasteiger partial charge >= 0.3 is 0 Å². The molecule has 5 nitrogen and oxygen atoms in total. The normalized spacial score (nSPS) is 18.9. The van der Waals surface area contributed by atoms with E-state index in [1.165, 1.54) is 17.2 Å². The molecule has 0 saturated carbocycles. The Bertz CT molecular complexity index is 481. The van der Waals surface area contributed by atoms with Crippen molar-refractivity contribution < 1.29 is 14.3 Å². The van der Waals surface area contributed by atoms with E-state index in [0.717, 1.165) is 12.8 Å². The number of piperidine rings is 1. The smallest absolute Gasteiger partial charge is 0.257 e. The molecule has 1 aromatic heterocycles. The molecule has 2 heterocycles. The molecule has 110 valence electrons. The van der Waals surface area contributed by atoms with Crippen LogP contribution in [0.5, 0.6) is 0 Å². The Balaban J connectivity index is 2.17. The topological polar surface area (TPSA) is 65.5 Å². The predicted molar refractivity (Wildman–Crippen MR) is 74.1 cm³/mol. The van der Waals surface area contributed by atoms with Gasteiger partial charge in [0, 0.05) is 25.8 Å². The van der Waals surface area contributed by atoms with E-state index in [1.54, 1.807) is 0 Å². The summed E-state index contributed by atoms with van der Waals surface area (Å²) in [5.74, 6) is -0.899. The van der Waals surface area contributed by atoms with Crippen LogP contribution in [0.25, 0.3) is 0 Å². The van der Waals surface area contributed by atoms with Crippen molar-refractivity contribution in [3.05, 3.63) is 23.6 Å². The molecule has 0 aromatic carbocycles. The van der Waals surface area contributed by atoms with Crippen LogP contribution < -0.4 is 5.32 Å². The van der Waals surface area contributed by atoms with E-state index in [1.807, 2.05) is 6.92 Å². The van der Waals surface area contributed by atoms with E-state index in [9.17, 15) is 14.3 Å². The van der Waals surface area contributed by atoms with Gasteiger partial charge in [-0.25, -0.2) is 9.37 Å². The molecule has 0 bridgehead atoms. The lowest BCUT2D eigenvalue weighted by molar-refractivity contribution is 0.0470. The zero-order valence-corrected chi connectivity index (χ0v) is 11.6. The molecular formula is C14H20FN3O2. The monoisotopic (exact) mass is 281 g/mol. The van der Waals surface area contributed by atoms with Crippen molar-refractivity contribution in [2.24, 2.45) is 0 Å². The Morgan fingerprint density at radius 2 is 2.45 bits per heavy atom. The maximum Gasteiger partial charge on any atom is 0.257 e. The van der Waals surface area contributed by atoms with Gasteiger partial charge in [0.25, 0.3) is 5.91 Å². The SMILES string of the molecule is CCCNc1nccc(C(=O)N2CCCC(O)C2)c1F. The maximum absolute atomic E-state index is 14.3. The van der Waals surface area contributed by atoms with Crippen molar-refractivity contribution in [2.45, 2.75) is 32.3 Å². The van der Waals surface area contributed by atoms with Gasteiger partial charge in [-0.05, 0) is 25.3 Å². The zero-order chi connectivity index (χ0) is 14.5. The highest BCUT2D eigenvalue weighted by Crippen LogP contribution is 2.19. The summed E-state index contributed by atoms with van der Waals surface area (Å²) in [6, 6.07) is 1.38. The molecule has 1 unspecified atom stereocenters. The van der Waals surface area contributed by atoms with Crippen LogP contribution in [0.4, 0.5) is 10.2 Å². The predicted octanol–water partition coefficient (Wildman–Crippen LogP) is 1.64. The lowest BCUT2D eigenvalue weighted by Crippen LogP contribution is -2.42. The van der Waals surface area contributed by atoms with Crippen molar-refractivity contribution in [3.8, 4) is 0 Å². The van der Waals surface area contributed by atoms with Crippen molar-refractivity contribution in [1.29, 1.82) is 0 Å². The molecule has 0 spiro atoms. The van der Waals surface area contributed by atoms with Crippen LogP contribution in [0.1, 0.15) is 36.5 Å². The number of carbonyl (C=O) groups is 1. The molecule has 1 saturated heterocycles. The molecule has 1 amide bonds. The number of pyridine rings is 1. The lowest BCUT2D eigenvalue weighted by atomic mass is 10.1. The molecule has 6 heteroatoms. The zero-order valence-electron chi connectivity index (χ0n) is 11.6. The van der Waals surface area contributed by atoms with Crippen LogP contribution in [0.3, 0.4) is 0 Å². The molecule has 1 aliphatic heterocycles.